The van der Waals surface area contributed by atoms with Crippen molar-refractivity contribution in [3.8, 4) is 0 Å². The van der Waals surface area contributed by atoms with Crippen molar-refractivity contribution in [3.63, 3.8) is 0 Å². The van der Waals surface area contributed by atoms with E-state index in [1.807, 2.05) is 12.1 Å². The lowest BCUT2D eigenvalue weighted by molar-refractivity contribution is 0.250. The minimum Gasteiger partial charge on any atom is -0.369 e. The van der Waals surface area contributed by atoms with E-state index in [1.54, 1.807) is 12.1 Å². The Hall–Kier alpha value is -2.09. The molecule has 7 heteroatoms. The van der Waals surface area contributed by atoms with Crippen LogP contribution < -0.4 is 9.62 Å². The fourth-order valence-corrected chi connectivity index (χ4v) is 3.56. The fourth-order valence-electron chi connectivity index (χ4n) is 3.12. The summed E-state index contributed by atoms with van der Waals surface area (Å²) in [5.41, 5.74) is 4.03. The predicted octanol–water partition coefficient (Wildman–Crippen LogP) is 2.53. The van der Waals surface area contributed by atoms with Crippen LogP contribution in [0.1, 0.15) is 11.1 Å². The monoisotopic (exact) mass is 361 g/mol. The van der Waals surface area contributed by atoms with E-state index in [1.165, 1.54) is 11.1 Å². The van der Waals surface area contributed by atoms with Crippen LogP contribution >= 0.6 is 0 Å². The molecule has 0 radical (unpaired) electrons. The third-order valence-electron chi connectivity index (χ3n) is 4.34. The minimum atomic E-state index is -4.23. The number of piperazine rings is 1. The lowest BCUT2D eigenvalue weighted by atomic mass is 10.1. The molecule has 0 atom stereocenters. The summed E-state index contributed by atoms with van der Waals surface area (Å²) in [6.07, 6.45) is 0. The van der Waals surface area contributed by atoms with Crippen molar-refractivity contribution in [1.29, 1.82) is 0 Å². The van der Waals surface area contributed by atoms with Gasteiger partial charge in [0.2, 0.25) is 0 Å². The molecule has 3 rings (SSSR count). The van der Waals surface area contributed by atoms with Crippen LogP contribution in [0.2, 0.25) is 0 Å². The standard InChI is InChI=1S/C18H23N3O3S/c1-15-3-2-4-16(13-15)14-20-9-11-21(12-10-20)18-7-5-17(6-8-18)19-25(22,23)24/h2-8,13,19H,9-12,14H2,1H3,(H,22,23,24). The summed E-state index contributed by atoms with van der Waals surface area (Å²) in [6, 6.07) is 15.6. The van der Waals surface area contributed by atoms with Gasteiger partial charge in [-0.1, -0.05) is 29.8 Å². The minimum absolute atomic E-state index is 0.351. The second-order valence-corrected chi connectivity index (χ2v) is 7.53. The number of hydrogen-bond donors (Lipinski definition) is 2. The molecule has 2 N–H and O–H groups in total. The van der Waals surface area contributed by atoms with Crippen LogP contribution in [0.15, 0.2) is 48.5 Å². The molecule has 2 aromatic rings. The first-order valence-corrected chi connectivity index (χ1v) is 9.71. The van der Waals surface area contributed by atoms with Gasteiger partial charge in [0.15, 0.2) is 0 Å². The SMILES string of the molecule is Cc1cccc(CN2CCN(c3ccc(NS(=O)(=O)O)cc3)CC2)c1. The molecule has 0 unspecified atom stereocenters. The Morgan fingerprint density at radius 3 is 2.32 bits per heavy atom. The van der Waals surface area contributed by atoms with Gasteiger partial charge in [0.1, 0.15) is 0 Å². The number of benzene rings is 2. The van der Waals surface area contributed by atoms with E-state index in [2.05, 4.69) is 45.7 Å². The van der Waals surface area contributed by atoms with E-state index >= 15 is 0 Å². The Kier molecular flexibility index (Phi) is 5.27. The lowest BCUT2D eigenvalue weighted by Gasteiger charge is -2.36. The van der Waals surface area contributed by atoms with E-state index in [9.17, 15) is 8.42 Å². The Labute approximate surface area is 149 Å². The highest BCUT2D eigenvalue weighted by Crippen LogP contribution is 2.20. The third-order valence-corrected chi connectivity index (χ3v) is 4.83. The molecule has 6 nitrogen and oxygen atoms in total. The molecule has 25 heavy (non-hydrogen) atoms. The van der Waals surface area contributed by atoms with Gasteiger partial charge in [-0.3, -0.25) is 14.2 Å². The highest BCUT2D eigenvalue weighted by molar-refractivity contribution is 7.87. The second-order valence-electron chi connectivity index (χ2n) is 6.38. The van der Waals surface area contributed by atoms with Crippen molar-refractivity contribution in [3.05, 3.63) is 59.7 Å². The topological polar surface area (TPSA) is 72.9 Å². The Morgan fingerprint density at radius 2 is 1.72 bits per heavy atom. The Morgan fingerprint density at radius 1 is 1.04 bits per heavy atom. The molecule has 134 valence electrons. The average molecular weight is 361 g/mol. The van der Waals surface area contributed by atoms with Crippen LogP contribution in [0, 0.1) is 6.92 Å². The molecule has 1 saturated heterocycles. The van der Waals surface area contributed by atoms with E-state index in [0.29, 0.717) is 5.69 Å². The van der Waals surface area contributed by atoms with Crippen molar-refractivity contribution in [2.45, 2.75) is 13.5 Å². The molecular weight excluding hydrogens is 338 g/mol. The van der Waals surface area contributed by atoms with Gasteiger partial charge in [-0.25, -0.2) is 0 Å². The van der Waals surface area contributed by atoms with Crippen LogP contribution in [0.3, 0.4) is 0 Å². The first-order valence-electron chi connectivity index (χ1n) is 8.27. The highest BCUT2D eigenvalue weighted by Gasteiger charge is 2.17. The first-order chi connectivity index (χ1) is 11.9. The number of nitrogens with zero attached hydrogens (tertiary/aromatic N) is 2. The van der Waals surface area contributed by atoms with Crippen LogP contribution in [0.25, 0.3) is 0 Å². The zero-order valence-corrected chi connectivity index (χ0v) is 15.0. The summed E-state index contributed by atoms with van der Waals surface area (Å²) in [6.45, 7) is 6.90. The molecule has 2 aromatic carbocycles. The van der Waals surface area contributed by atoms with Crippen molar-refractivity contribution in [1.82, 2.24) is 4.90 Å². The summed E-state index contributed by atoms with van der Waals surface area (Å²) >= 11 is 0. The van der Waals surface area contributed by atoms with Crippen LogP contribution in [-0.4, -0.2) is 44.0 Å². The summed E-state index contributed by atoms with van der Waals surface area (Å²) in [7, 11) is -4.23. The van der Waals surface area contributed by atoms with Crippen molar-refractivity contribution >= 4 is 21.7 Å². The van der Waals surface area contributed by atoms with Crippen molar-refractivity contribution in [2.24, 2.45) is 0 Å². The summed E-state index contributed by atoms with van der Waals surface area (Å²) in [5.74, 6) is 0. The van der Waals surface area contributed by atoms with Gasteiger partial charge in [-0.05, 0) is 36.8 Å². The van der Waals surface area contributed by atoms with Gasteiger partial charge < -0.3 is 4.90 Å². The normalized spacial score (nSPS) is 16.0. The Balaban J connectivity index is 1.55. The van der Waals surface area contributed by atoms with Gasteiger partial charge in [-0.2, -0.15) is 8.42 Å². The second kappa shape index (κ2) is 7.43. The maximum atomic E-state index is 10.8. The number of nitrogens with one attached hydrogen (secondary N) is 1. The van der Waals surface area contributed by atoms with Gasteiger partial charge in [-0.15, -0.1) is 0 Å². The molecule has 0 aliphatic carbocycles. The first kappa shape index (κ1) is 17.7. The fraction of sp³-hybridized carbons (Fsp3) is 0.333. The lowest BCUT2D eigenvalue weighted by Crippen LogP contribution is -2.45. The quantitative estimate of drug-likeness (QED) is 0.801. The van der Waals surface area contributed by atoms with E-state index < -0.39 is 10.3 Å². The number of hydrogen-bond acceptors (Lipinski definition) is 4. The summed E-state index contributed by atoms with van der Waals surface area (Å²) < 4.78 is 32.5. The van der Waals surface area contributed by atoms with Gasteiger partial charge in [0, 0.05) is 38.4 Å². The molecule has 0 aromatic heterocycles. The zero-order valence-electron chi connectivity index (χ0n) is 14.2. The van der Waals surface area contributed by atoms with Gasteiger partial charge in [0.25, 0.3) is 0 Å². The van der Waals surface area contributed by atoms with Gasteiger partial charge >= 0.3 is 10.3 Å². The largest absolute Gasteiger partial charge is 0.369 e. The maximum Gasteiger partial charge on any atom is 0.357 e. The number of anilines is 2. The zero-order chi connectivity index (χ0) is 17.9. The summed E-state index contributed by atoms with van der Waals surface area (Å²) in [5, 5.41) is 0. The third kappa shape index (κ3) is 5.19. The number of aryl methyl sites for hydroxylation is 1. The molecule has 0 spiro atoms. The Bertz CT molecular complexity index is 814. The molecule has 1 aliphatic rings. The van der Waals surface area contributed by atoms with Crippen LogP contribution in [-0.2, 0) is 16.8 Å². The van der Waals surface area contributed by atoms with Crippen molar-refractivity contribution < 1.29 is 13.0 Å². The molecule has 0 bridgehead atoms. The molecule has 0 saturated carbocycles. The maximum absolute atomic E-state index is 10.8. The molecular formula is C18H23N3O3S. The molecule has 1 heterocycles. The van der Waals surface area contributed by atoms with E-state index in [4.69, 9.17) is 4.55 Å². The van der Waals surface area contributed by atoms with Crippen LogP contribution in [0.5, 0.6) is 0 Å². The average Bonchev–Trinajstić information content (AvgIpc) is 2.55. The van der Waals surface area contributed by atoms with Gasteiger partial charge in [0.05, 0.1) is 5.69 Å². The van der Waals surface area contributed by atoms with E-state index in [-0.39, 0.29) is 0 Å². The highest BCUT2D eigenvalue weighted by atomic mass is 32.2. The summed E-state index contributed by atoms with van der Waals surface area (Å²) in [4.78, 5) is 4.73. The smallest absolute Gasteiger partial charge is 0.357 e. The van der Waals surface area contributed by atoms with Crippen LogP contribution in [0.4, 0.5) is 11.4 Å². The molecule has 1 fully saturated rings. The molecule has 0 amide bonds. The van der Waals surface area contributed by atoms with E-state index in [0.717, 1.165) is 38.4 Å². The molecule has 1 aliphatic heterocycles. The number of rotatable bonds is 5. The van der Waals surface area contributed by atoms with Crippen molar-refractivity contribution in [2.75, 3.05) is 35.8 Å². The predicted molar refractivity (Wildman–Crippen MR) is 100 cm³/mol.